The summed E-state index contributed by atoms with van der Waals surface area (Å²) >= 11 is 2.86. The smallest absolute Gasteiger partial charge is 0 e. The first kappa shape index (κ1) is 9.47. The van der Waals surface area contributed by atoms with E-state index in [2.05, 4.69) is 23.5 Å². The summed E-state index contributed by atoms with van der Waals surface area (Å²) in [6.07, 6.45) is 0. The molecular formula is CH4I2W. The van der Waals surface area contributed by atoms with Crippen LogP contribution < -0.4 is 0 Å². The summed E-state index contributed by atoms with van der Waals surface area (Å²) in [5.74, 6) is 0. The van der Waals surface area contributed by atoms with Crippen molar-refractivity contribution in [3.05, 3.63) is 0 Å². The number of halogens is 2. The molecule has 4 heavy (non-hydrogen) atoms. The summed E-state index contributed by atoms with van der Waals surface area (Å²) in [7, 11) is 0. The second kappa shape index (κ2) is 8.94. The third-order valence-corrected chi connectivity index (χ3v) is 0. The van der Waals surface area contributed by atoms with Crippen molar-refractivity contribution < 1.29 is 21.1 Å². The van der Waals surface area contributed by atoms with E-state index < -0.39 is 0 Å². The van der Waals surface area contributed by atoms with Crippen molar-refractivity contribution in [3.8, 4) is 0 Å². The molecule has 0 nitrogen and oxygen atoms in total. The van der Waals surface area contributed by atoms with Crippen LogP contribution in [0.15, 0.2) is 0 Å². The molecule has 0 heterocycles. The molecule has 0 fully saturated rings. The topological polar surface area (TPSA) is 0 Å². The maximum Gasteiger partial charge on any atom is 0 e. The summed E-state index contributed by atoms with van der Waals surface area (Å²) in [6.45, 7) is 0. The predicted octanol–water partition coefficient (Wildman–Crippen LogP) is 1.67. The summed E-state index contributed by atoms with van der Waals surface area (Å²) in [6, 6.07) is 0. The maximum atomic E-state index is 2.42. The van der Waals surface area contributed by atoms with Gasteiger partial charge >= 0.3 is 40.8 Å². The van der Waals surface area contributed by atoms with Gasteiger partial charge in [-0.05, 0) is 0 Å². The van der Waals surface area contributed by atoms with Crippen LogP contribution in [0.2, 0.25) is 0 Å². The molecule has 0 spiro atoms. The van der Waals surface area contributed by atoms with Crippen molar-refractivity contribution in [1.29, 1.82) is 0 Å². The van der Waals surface area contributed by atoms with Gasteiger partial charge in [0.2, 0.25) is 0 Å². The number of rotatable bonds is 0. The molecule has 0 unspecified atom stereocenters. The predicted molar refractivity (Wildman–Crippen MR) is 35.4 cm³/mol. The van der Waals surface area contributed by atoms with Gasteiger partial charge < -0.3 is 0 Å². The third-order valence-electron chi connectivity index (χ3n) is 0. The Balaban J connectivity index is 0. The quantitative estimate of drug-likeness (QED) is 0.387. The number of hydrogen-bond donors (Lipinski definition) is 0. The Morgan fingerprint density at radius 1 is 1.75 bits per heavy atom. The second-order valence-electron chi connectivity index (χ2n) is 0.154. The molecular weight excluding hydrogens is 450 g/mol. The van der Waals surface area contributed by atoms with Gasteiger partial charge in [-0.1, -0.05) is 0 Å². The Morgan fingerprint density at radius 2 is 1.75 bits per heavy atom. The standard InChI is InChI=1S/CH4I2.W/c1-3-2;/h3H,1H3;. The van der Waals surface area contributed by atoms with Gasteiger partial charge in [-0.25, -0.2) is 0 Å². The second-order valence-corrected chi connectivity index (χ2v) is 6.94. The first-order valence-electron chi connectivity index (χ1n) is 0.563. The molecule has 0 aromatic rings. The molecule has 0 aliphatic rings. The van der Waals surface area contributed by atoms with Crippen LogP contribution in [0, 0.1) is 0 Å². The van der Waals surface area contributed by atoms with Gasteiger partial charge in [0.05, 0.1) is 0 Å². The van der Waals surface area contributed by atoms with E-state index in [1.54, 1.807) is 0 Å². The van der Waals surface area contributed by atoms with E-state index in [0.717, 1.165) is 0 Å². The Bertz CT molecular complexity index is 6.00. The summed E-state index contributed by atoms with van der Waals surface area (Å²) < 4.78 is 0. The summed E-state index contributed by atoms with van der Waals surface area (Å²) in [5.41, 5.74) is 0. The van der Waals surface area contributed by atoms with Crippen LogP contribution in [0.25, 0.3) is 0 Å². The summed E-state index contributed by atoms with van der Waals surface area (Å²) in [4.78, 5) is 2.24. The molecule has 0 aliphatic heterocycles. The maximum absolute atomic E-state index is 2.42. The van der Waals surface area contributed by atoms with Crippen molar-refractivity contribution in [2.75, 3.05) is 4.93 Å². The van der Waals surface area contributed by atoms with E-state index in [-0.39, 0.29) is 21.1 Å². The van der Waals surface area contributed by atoms with Crippen LogP contribution >= 0.6 is 35.8 Å². The zero-order chi connectivity index (χ0) is 2.71. The molecule has 0 amide bonds. The zero-order valence-corrected chi connectivity index (χ0v) is 9.62. The Kier molecular flexibility index (Phi) is 21.2. The molecule has 0 atom stereocenters. The van der Waals surface area contributed by atoms with Gasteiger partial charge in [-0.3, -0.25) is 0 Å². The fourth-order valence-corrected chi connectivity index (χ4v) is 0. The van der Waals surface area contributed by atoms with Crippen LogP contribution in [0.4, 0.5) is 0 Å². The monoisotopic (exact) mass is 454 g/mol. The molecule has 0 saturated carbocycles. The van der Waals surface area contributed by atoms with Crippen LogP contribution in [0.5, 0.6) is 0 Å². The molecule has 0 aromatic heterocycles. The van der Waals surface area contributed by atoms with Crippen molar-refractivity contribution >= 4 is 35.8 Å². The molecule has 0 radical (unpaired) electrons. The fraction of sp³-hybridized carbons (Fsp3) is 1.00. The molecule has 0 aliphatic carbocycles. The van der Waals surface area contributed by atoms with Gasteiger partial charge in [-0.2, -0.15) is 0 Å². The minimum atomic E-state index is 0. The van der Waals surface area contributed by atoms with Crippen LogP contribution in [0.1, 0.15) is 0 Å². The molecule has 0 aromatic carbocycles. The van der Waals surface area contributed by atoms with Gasteiger partial charge in [0.15, 0.2) is 0 Å². The van der Waals surface area contributed by atoms with Gasteiger partial charge in [0, 0.05) is 21.1 Å². The minimum absolute atomic E-state index is 0. The third kappa shape index (κ3) is 8.91. The minimum Gasteiger partial charge on any atom is 0 e. The Labute approximate surface area is 60.8 Å². The zero-order valence-electron chi connectivity index (χ0n) is 2.19. The van der Waals surface area contributed by atoms with Crippen LogP contribution in [0.3, 0.4) is 0 Å². The van der Waals surface area contributed by atoms with Crippen LogP contribution in [-0.2, 0) is 21.1 Å². The molecule has 0 bridgehead atoms. The largest absolute Gasteiger partial charge is 0 e. The average Bonchev–Trinajstić information content (AvgIpc) is 0.918. The van der Waals surface area contributed by atoms with Crippen molar-refractivity contribution in [2.24, 2.45) is 0 Å². The normalized spacial score (nSPS) is 5.50. The first-order valence-corrected chi connectivity index (χ1v) is 9.68. The SMILES string of the molecule is C[IH]I.[W]. The molecule has 28 valence electrons. The van der Waals surface area contributed by atoms with E-state index in [0.29, 0.717) is 17.2 Å². The van der Waals surface area contributed by atoms with Gasteiger partial charge in [-0.15, -0.1) is 0 Å². The van der Waals surface area contributed by atoms with Crippen molar-refractivity contribution in [1.82, 2.24) is 0 Å². The van der Waals surface area contributed by atoms with E-state index in [4.69, 9.17) is 0 Å². The Morgan fingerprint density at radius 3 is 1.75 bits per heavy atom. The first-order chi connectivity index (χ1) is 1.41. The van der Waals surface area contributed by atoms with Crippen molar-refractivity contribution in [2.45, 2.75) is 0 Å². The molecule has 0 N–H and O–H groups in total. The van der Waals surface area contributed by atoms with E-state index in [1.807, 2.05) is 0 Å². The van der Waals surface area contributed by atoms with Gasteiger partial charge in [0.1, 0.15) is 0 Å². The average molecular weight is 454 g/mol. The number of hydrogen-bond acceptors (Lipinski definition) is 0. The Hall–Kier alpha value is 2.15. The number of alkyl halides is 1. The summed E-state index contributed by atoms with van der Waals surface area (Å²) in [5, 5.41) is 0. The van der Waals surface area contributed by atoms with Crippen molar-refractivity contribution in [3.63, 3.8) is 0 Å². The van der Waals surface area contributed by atoms with E-state index in [9.17, 15) is 0 Å². The molecule has 0 saturated heterocycles. The van der Waals surface area contributed by atoms with Crippen LogP contribution in [-0.4, -0.2) is 4.93 Å². The molecule has 0 rings (SSSR count). The van der Waals surface area contributed by atoms with E-state index >= 15 is 0 Å². The fourth-order valence-electron chi connectivity index (χ4n) is 0. The van der Waals surface area contributed by atoms with Gasteiger partial charge in [0.25, 0.3) is 0 Å². The molecule has 3 heteroatoms. The van der Waals surface area contributed by atoms with E-state index in [1.165, 1.54) is 0 Å².